The fourth-order valence-corrected chi connectivity index (χ4v) is 2.94. The first-order chi connectivity index (χ1) is 10.0. The average Bonchev–Trinajstić information content (AvgIpc) is 2.79. The van der Waals surface area contributed by atoms with Gasteiger partial charge >= 0.3 is 5.97 Å². The smallest absolute Gasteiger partial charge is 0.354 e. The summed E-state index contributed by atoms with van der Waals surface area (Å²) in [5.41, 5.74) is 3.15. The van der Waals surface area contributed by atoms with Gasteiger partial charge < -0.3 is 9.67 Å². The molecule has 108 valence electrons. The zero-order chi connectivity index (χ0) is 15.1. The molecule has 0 atom stereocenters. The fourth-order valence-electron chi connectivity index (χ4n) is 2.94. The molecule has 0 saturated carbocycles. The van der Waals surface area contributed by atoms with Gasteiger partial charge in [0.2, 0.25) is 0 Å². The number of carboxylic acid groups (broad SMARTS) is 1. The minimum Gasteiger partial charge on any atom is -0.477 e. The molecule has 0 bridgehead atoms. The number of hydrogen-bond donors (Lipinski definition) is 1. The molecular weight excluding hydrogens is 264 g/mol. The lowest BCUT2D eigenvalue weighted by molar-refractivity contribution is 0.0690. The van der Waals surface area contributed by atoms with Gasteiger partial charge in [0, 0.05) is 22.8 Å². The molecule has 21 heavy (non-hydrogen) atoms. The van der Waals surface area contributed by atoms with Gasteiger partial charge in [-0.2, -0.15) is 0 Å². The minimum absolute atomic E-state index is 0.116. The van der Waals surface area contributed by atoms with E-state index in [-0.39, 0.29) is 11.6 Å². The van der Waals surface area contributed by atoms with Crippen molar-refractivity contribution in [3.8, 4) is 0 Å². The van der Waals surface area contributed by atoms with Gasteiger partial charge in [-0.1, -0.05) is 32.0 Å². The maximum Gasteiger partial charge on any atom is 0.354 e. The fraction of sp³-hybridized carbons (Fsp3) is 0.294. The van der Waals surface area contributed by atoms with E-state index in [1.54, 1.807) is 6.07 Å². The highest BCUT2D eigenvalue weighted by molar-refractivity contribution is 6.10. The Balaban J connectivity index is 2.56. The Morgan fingerprint density at radius 1 is 1.29 bits per heavy atom. The molecule has 0 amide bonds. The zero-order valence-electron chi connectivity index (χ0n) is 12.4. The molecule has 0 spiro atoms. The lowest BCUT2D eigenvalue weighted by atomic mass is 10.0. The number of para-hydroxylation sites is 1. The first kappa shape index (κ1) is 13.6. The lowest BCUT2D eigenvalue weighted by Gasteiger charge is -2.11. The summed E-state index contributed by atoms with van der Waals surface area (Å²) >= 11 is 0. The number of carbonyl (C=O) groups is 1. The van der Waals surface area contributed by atoms with Gasteiger partial charge in [-0.3, -0.25) is 0 Å². The Hall–Kier alpha value is -2.36. The van der Waals surface area contributed by atoms with Crippen LogP contribution < -0.4 is 0 Å². The molecule has 0 saturated heterocycles. The second-order valence-electron chi connectivity index (χ2n) is 5.51. The Labute approximate surface area is 123 Å². The van der Waals surface area contributed by atoms with E-state index in [2.05, 4.69) is 22.5 Å². The Morgan fingerprint density at radius 2 is 2.00 bits per heavy atom. The number of rotatable bonds is 3. The van der Waals surface area contributed by atoms with Crippen LogP contribution in [0.4, 0.5) is 0 Å². The van der Waals surface area contributed by atoms with Crippen LogP contribution in [-0.4, -0.2) is 20.6 Å². The van der Waals surface area contributed by atoms with Crippen molar-refractivity contribution in [2.45, 2.75) is 33.2 Å². The molecular formula is C17H18N2O2. The molecule has 0 aliphatic heterocycles. The first-order valence-electron chi connectivity index (χ1n) is 7.19. The number of aromatic carboxylic acids is 1. The van der Waals surface area contributed by atoms with Crippen molar-refractivity contribution in [1.82, 2.24) is 9.55 Å². The van der Waals surface area contributed by atoms with Crippen LogP contribution >= 0.6 is 0 Å². The topological polar surface area (TPSA) is 55.1 Å². The molecule has 3 aromatic rings. The third kappa shape index (κ3) is 1.98. The number of carboxylic acids is 1. The van der Waals surface area contributed by atoms with E-state index in [9.17, 15) is 9.90 Å². The lowest BCUT2D eigenvalue weighted by Crippen LogP contribution is -2.07. The molecule has 4 heteroatoms. The van der Waals surface area contributed by atoms with Crippen molar-refractivity contribution in [2.24, 2.45) is 0 Å². The third-order valence-corrected chi connectivity index (χ3v) is 3.86. The second kappa shape index (κ2) is 4.88. The zero-order valence-corrected chi connectivity index (χ0v) is 12.4. The van der Waals surface area contributed by atoms with Crippen molar-refractivity contribution in [3.63, 3.8) is 0 Å². The first-order valence-corrected chi connectivity index (χ1v) is 7.19. The Bertz CT molecular complexity index is 847. The summed E-state index contributed by atoms with van der Waals surface area (Å²) in [5.74, 6) is -0.812. The monoisotopic (exact) mass is 282 g/mol. The maximum absolute atomic E-state index is 11.4. The number of pyridine rings is 1. The van der Waals surface area contributed by atoms with Gasteiger partial charge in [0.15, 0.2) is 0 Å². The molecule has 0 unspecified atom stereocenters. The summed E-state index contributed by atoms with van der Waals surface area (Å²) in [5, 5.41) is 11.4. The number of benzene rings is 1. The summed E-state index contributed by atoms with van der Waals surface area (Å²) in [7, 11) is 0. The van der Waals surface area contributed by atoms with E-state index >= 15 is 0 Å². The molecule has 2 heterocycles. The van der Waals surface area contributed by atoms with Gasteiger partial charge in [0.25, 0.3) is 0 Å². The van der Waals surface area contributed by atoms with E-state index in [1.165, 1.54) is 0 Å². The molecule has 0 radical (unpaired) electrons. The quantitative estimate of drug-likeness (QED) is 0.789. The van der Waals surface area contributed by atoms with E-state index < -0.39 is 5.97 Å². The summed E-state index contributed by atoms with van der Waals surface area (Å²) < 4.78 is 2.22. The summed E-state index contributed by atoms with van der Waals surface area (Å²) in [6.45, 7) is 7.02. The van der Waals surface area contributed by atoms with E-state index in [0.717, 1.165) is 34.0 Å². The normalized spacial score (nSPS) is 11.6. The van der Waals surface area contributed by atoms with Crippen LogP contribution in [0.25, 0.3) is 21.8 Å². The van der Waals surface area contributed by atoms with Crippen LogP contribution in [0, 0.1) is 0 Å². The second-order valence-corrected chi connectivity index (χ2v) is 5.51. The highest BCUT2D eigenvalue weighted by Gasteiger charge is 2.19. The molecule has 4 nitrogen and oxygen atoms in total. The molecule has 1 N–H and O–H groups in total. The van der Waals surface area contributed by atoms with E-state index in [1.807, 2.05) is 32.0 Å². The predicted octanol–water partition coefficient (Wildman–Crippen LogP) is 4.03. The van der Waals surface area contributed by atoms with Gasteiger partial charge in [-0.15, -0.1) is 0 Å². The molecule has 3 rings (SSSR count). The van der Waals surface area contributed by atoms with Gasteiger partial charge in [0.1, 0.15) is 5.69 Å². The molecule has 2 aromatic heterocycles. The Morgan fingerprint density at radius 3 is 2.62 bits per heavy atom. The third-order valence-electron chi connectivity index (χ3n) is 3.86. The van der Waals surface area contributed by atoms with Gasteiger partial charge in [0.05, 0.1) is 11.2 Å². The number of fused-ring (bicyclic) bond motifs is 3. The van der Waals surface area contributed by atoms with Crippen LogP contribution in [-0.2, 0) is 6.54 Å². The van der Waals surface area contributed by atoms with Gasteiger partial charge in [-0.05, 0) is 25.0 Å². The van der Waals surface area contributed by atoms with Crippen LogP contribution in [0.1, 0.15) is 42.9 Å². The predicted molar refractivity (Wildman–Crippen MR) is 84.0 cm³/mol. The number of nitrogens with zero attached hydrogens (tertiary/aromatic N) is 2. The highest BCUT2D eigenvalue weighted by Crippen LogP contribution is 2.33. The average molecular weight is 282 g/mol. The minimum atomic E-state index is -0.980. The number of aromatic nitrogens is 2. The van der Waals surface area contributed by atoms with Crippen LogP contribution in [0.15, 0.2) is 30.3 Å². The summed E-state index contributed by atoms with van der Waals surface area (Å²) in [6.07, 6.45) is 0. The van der Waals surface area contributed by atoms with Crippen LogP contribution in [0.5, 0.6) is 0 Å². The number of hydrogen-bond acceptors (Lipinski definition) is 2. The van der Waals surface area contributed by atoms with Crippen molar-refractivity contribution in [1.29, 1.82) is 0 Å². The SMILES string of the molecule is CCn1c2ccccc2c2cc(C(=O)O)nc(C(C)C)c21. The van der Waals surface area contributed by atoms with E-state index in [4.69, 9.17) is 0 Å². The van der Waals surface area contributed by atoms with Crippen molar-refractivity contribution < 1.29 is 9.90 Å². The summed E-state index contributed by atoms with van der Waals surface area (Å²) in [6, 6.07) is 9.80. The summed E-state index contributed by atoms with van der Waals surface area (Å²) in [4.78, 5) is 15.7. The maximum atomic E-state index is 11.4. The molecule has 0 fully saturated rings. The Kier molecular flexibility index (Phi) is 3.16. The standard InChI is InChI=1S/C17H18N2O2/c1-4-19-14-8-6-5-7-11(14)12-9-13(17(20)21)18-15(10(2)3)16(12)19/h5-10H,4H2,1-3H3,(H,20,21). The highest BCUT2D eigenvalue weighted by atomic mass is 16.4. The van der Waals surface area contributed by atoms with Crippen molar-refractivity contribution in [2.75, 3.05) is 0 Å². The molecule has 0 aliphatic rings. The van der Waals surface area contributed by atoms with Gasteiger partial charge in [-0.25, -0.2) is 9.78 Å². The van der Waals surface area contributed by atoms with Crippen LogP contribution in [0.3, 0.4) is 0 Å². The number of aryl methyl sites for hydroxylation is 1. The van der Waals surface area contributed by atoms with E-state index in [0.29, 0.717) is 0 Å². The molecule has 1 aromatic carbocycles. The van der Waals surface area contributed by atoms with Crippen LogP contribution in [0.2, 0.25) is 0 Å². The largest absolute Gasteiger partial charge is 0.477 e. The van der Waals surface area contributed by atoms with Crippen molar-refractivity contribution in [3.05, 3.63) is 41.7 Å². The van der Waals surface area contributed by atoms with Crippen molar-refractivity contribution >= 4 is 27.8 Å². The molecule has 0 aliphatic carbocycles.